The monoisotopic (exact) mass is 457 g/mol. The van der Waals surface area contributed by atoms with Crippen molar-refractivity contribution >= 4 is 11.1 Å². The van der Waals surface area contributed by atoms with Gasteiger partial charge in [-0.1, -0.05) is 68.4 Å². The van der Waals surface area contributed by atoms with Crippen LogP contribution in [0, 0.1) is 5.92 Å². The number of aromatic hydroxyl groups is 1. The van der Waals surface area contributed by atoms with E-state index in [1.54, 1.807) is 12.1 Å². The van der Waals surface area contributed by atoms with Crippen molar-refractivity contribution in [3.63, 3.8) is 0 Å². The van der Waals surface area contributed by atoms with E-state index in [0.29, 0.717) is 12.5 Å². The van der Waals surface area contributed by atoms with Crippen molar-refractivity contribution in [3.05, 3.63) is 95.6 Å². The van der Waals surface area contributed by atoms with Crippen molar-refractivity contribution < 1.29 is 14.9 Å². The molecular formula is C30H35NO3. The van der Waals surface area contributed by atoms with Crippen LogP contribution in [0.3, 0.4) is 0 Å². The Morgan fingerprint density at radius 3 is 2.00 bits per heavy atom. The fourth-order valence-electron chi connectivity index (χ4n) is 4.42. The van der Waals surface area contributed by atoms with E-state index in [1.807, 2.05) is 24.3 Å². The maximum Gasteiger partial charge on any atom is 0.119 e. The van der Waals surface area contributed by atoms with Gasteiger partial charge in [0.1, 0.15) is 24.2 Å². The summed E-state index contributed by atoms with van der Waals surface area (Å²) in [5.41, 5.74) is 6.00. The number of hydrogen-bond donors (Lipinski definition) is 2. The molecule has 34 heavy (non-hydrogen) atoms. The van der Waals surface area contributed by atoms with Gasteiger partial charge >= 0.3 is 0 Å². The van der Waals surface area contributed by atoms with Crippen LogP contribution < -0.4 is 4.74 Å². The predicted octanol–water partition coefficient (Wildman–Crippen LogP) is 5.84. The number of rotatable bonds is 11. The van der Waals surface area contributed by atoms with Gasteiger partial charge in [-0.2, -0.15) is 0 Å². The fraction of sp³-hybridized carbons (Fsp3) is 0.333. The maximum absolute atomic E-state index is 10.3. The first kappa shape index (κ1) is 24.1. The Hall–Kier alpha value is -3.08. The smallest absolute Gasteiger partial charge is 0.119 e. The minimum absolute atomic E-state index is 0.266. The highest BCUT2D eigenvalue weighted by Gasteiger charge is 2.30. The van der Waals surface area contributed by atoms with E-state index >= 15 is 0 Å². The topological polar surface area (TPSA) is 52.9 Å². The zero-order valence-corrected chi connectivity index (χ0v) is 20.2. The summed E-state index contributed by atoms with van der Waals surface area (Å²) in [7, 11) is 0. The molecule has 0 heterocycles. The quantitative estimate of drug-likeness (QED) is 0.355. The highest BCUT2D eigenvalue weighted by atomic mass is 16.5. The van der Waals surface area contributed by atoms with Crippen LogP contribution in [0.4, 0.5) is 0 Å². The molecule has 0 bridgehead atoms. The number of benzene rings is 3. The molecule has 1 atom stereocenters. The largest absolute Gasteiger partial charge is 0.508 e. The first-order valence-corrected chi connectivity index (χ1v) is 12.3. The van der Waals surface area contributed by atoms with E-state index in [2.05, 4.69) is 61.2 Å². The van der Waals surface area contributed by atoms with E-state index in [1.165, 1.54) is 29.6 Å². The molecule has 0 radical (unpaired) electrons. The maximum atomic E-state index is 10.3. The normalized spacial score (nSPS) is 15.2. The molecule has 3 aromatic rings. The first-order chi connectivity index (χ1) is 16.6. The summed E-state index contributed by atoms with van der Waals surface area (Å²) >= 11 is 0. The summed E-state index contributed by atoms with van der Waals surface area (Å²) in [4.78, 5) is 2.19. The van der Waals surface area contributed by atoms with Crippen molar-refractivity contribution in [2.45, 2.75) is 32.8 Å². The molecule has 1 fully saturated rings. The van der Waals surface area contributed by atoms with Crippen molar-refractivity contribution in [1.29, 1.82) is 0 Å². The van der Waals surface area contributed by atoms with Gasteiger partial charge in [0.15, 0.2) is 0 Å². The second-order valence-corrected chi connectivity index (χ2v) is 8.95. The molecule has 0 saturated heterocycles. The molecule has 1 saturated carbocycles. The van der Waals surface area contributed by atoms with Crippen LogP contribution in [0.1, 0.15) is 43.4 Å². The van der Waals surface area contributed by atoms with Gasteiger partial charge in [-0.05, 0) is 84.0 Å². The Labute approximate surface area is 203 Å². The molecule has 0 spiro atoms. The third kappa shape index (κ3) is 6.07. The van der Waals surface area contributed by atoms with Gasteiger partial charge in [0.2, 0.25) is 0 Å². The van der Waals surface area contributed by atoms with Crippen LogP contribution in [0.25, 0.3) is 11.1 Å². The molecule has 0 amide bonds. The minimum atomic E-state index is -0.522. The minimum Gasteiger partial charge on any atom is -0.508 e. The lowest BCUT2D eigenvalue weighted by Gasteiger charge is -2.22. The molecule has 4 rings (SSSR count). The molecule has 2 N–H and O–H groups in total. The molecule has 4 nitrogen and oxygen atoms in total. The van der Waals surface area contributed by atoms with Gasteiger partial charge in [0, 0.05) is 6.54 Å². The van der Waals surface area contributed by atoms with Crippen molar-refractivity contribution in [2.75, 3.05) is 26.2 Å². The number of ether oxygens (including phenoxy) is 1. The molecule has 178 valence electrons. The van der Waals surface area contributed by atoms with Gasteiger partial charge in [0.05, 0.1) is 0 Å². The van der Waals surface area contributed by atoms with Crippen LogP contribution in [0.15, 0.2) is 78.9 Å². The molecule has 0 aromatic heterocycles. The zero-order valence-electron chi connectivity index (χ0n) is 20.2. The Balaban J connectivity index is 1.62. The lowest BCUT2D eigenvalue weighted by molar-refractivity contribution is 0.0716. The summed E-state index contributed by atoms with van der Waals surface area (Å²) in [5, 5.41) is 20.2. The Morgan fingerprint density at radius 1 is 0.853 bits per heavy atom. The highest BCUT2D eigenvalue weighted by Crippen LogP contribution is 2.47. The molecule has 1 unspecified atom stereocenters. The second-order valence-electron chi connectivity index (χ2n) is 8.95. The van der Waals surface area contributed by atoms with E-state index in [0.717, 1.165) is 30.0 Å². The van der Waals surface area contributed by atoms with E-state index in [4.69, 9.17) is 4.74 Å². The van der Waals surface area contributed by atoms with Crippen molar-refractivity contribution in [1.82, 2.24) is 4.90 Å². The number of allylic oxidation sites excluding steroid dienone is 1. The molecular weight excluding hydrogens is 422 g/mol. The zero-order chi connectivity index (χ0) is 23.9. The fourth-order valence-corrected chi connectivity index (χ4v) is 4.42. The summed E-state index contributed by atoms with van der Waals surface area (Å²) in [6, 6.07) is 26.2. The number of hydrogen-bond acceptors (Lipinski definition) is 4. The molecule has 1 aliphatic rings. The van der Waals surface area contributed by atoms with Crippen LogP contribution in [0.2, 0.25) is 0 Å². The van der Waals surface area contributed by atoms with Crippen LogP contribution in [-0.2, 0) is 0 Å². The number of aliphatic hydroxyl groups is 1. The summed E-state index contributed by atoms with van der Waals surface area (Å²) in [6.45, 7) is 6.91. The predicted molar refractivity (Wildman–Crippen MR) is 139 cm³/mol. The van der Waals surface area contributed by atoms with Crippen LogP contribution >= 0.6 is 0 Å². The second kappa shape index (κ2) is 11.4. The highest BCUT2D eigenvalue weighted by molar-refractivity contribution is 6.00. The third-order valence-corrected chi connectivity index (χ3v) is 6.44. The Kier molecular flexibility index (Phi) is 8.04. The summed E-state index contributed by atoms with van der Waals surface area (Å²) in [6.07, 6.45) is 1.86. The van der Waals surface area contributed by atoms with Crippen molar-refractivity contribution in [3.8, 4) is 11.5 Å². The number of likely N-dealkylation sites (N-methyl/N-ethyl adjacent to an activating group) is 1. The van der Waals surface area contributed by atoms with Gasteiger partial charge in [-0.3, -0.25) is 0 Å². The Morgan fingerprint density at radius 2 is 1.44 bits per heavy atom. The van der Waals surface area contributed by atoms with Crippen LogP contribution in [0.5, 0.6) is 11.5 Å². The van der Waals surface area contributed by atoms with E-state index in [-0.39, 0.29) is 12.4 Å². The van der Waals surface area contributed by atoms with E-state index in [9.17, 15) is 10.2 Å². The van der Waals surface area contributed by atoms with Gasteiger partial charge in [-0.25, -0.2) is 0 Å². The number of nitrogens with zero attached hydrogens (tertiary/aromatic N) is 1. The number of phenols is 1. The van der Waals surface area contributed by atoms with Gasteiger partial charge < -0.3 is 19.8 Å². The van der Waals surface area contributed by atoms with Crippen molar-refractivity contribution in [2.24, 2.45) is 5.92 Å². The van der Waals surface area contributed by atoms with E-state index < -0.39 is 6.10 Å². The lowest BCUT2D eigenvalue weighted by Crippen LogP contribution is -2.35. The first-order valence-electron chi connectivity index (χ1n) is 12.3. The molecule has 3 aromatic carbocycles. The molecule has 4 heteroatoms. The molecule has 0 aliphatic heterocycles. The SMILES string of the molecule is CCN(CC)CC(O)COc1ccc(C(=C(c2ccccc2)C2CC2)c2ccc(O)cc2)cc1. The third-order valence-electron chi connectivity index (χ3n) is 6.44. The standard InChI is InChI=1S/C30H35NO3/c1-3-31(4-2)20-27(33)21-34-28-18-14-25(15-19-28)30(24-12-16-26(32)17-13-24)29(23-10-11-23)22-8-6-5-7-9-22/h5-9,12-19,23,27,32-33H,3-4,10-11,20-21H2,1-2H3. The average Bonchev–Trinajstić information content (AvgIpc) is 3.71. The van der Waals surface area contributed by atoms with Gasteiger partial charge in [-0.15, -0.1) is 0 Å². The molecule has 1 aliphatic carbocycles. The summed E-state index contributed by atoms with van der Waals surface area (Å²) < 4.78 is 5.89. The number of phenolic OH excluding ortho intramolecular Hbond substituents is 1. The lowest BCUT2D eigenvalue weighted by atomic mass is 9.87. The van der Waals surface area contributed by atoms with Crippen LogP contribution in [-0.4, -0.2) is 47.5 Å². The van der Waals surface area contributed by atoms with Gasteiger partial charge in [0.25, 0.3) is 0 Å². The number of aliphatic hydroxyl groups excluding tert-OH is 1. The average molecular weight is 458 g/mol. The Bertz CT molecular complexity index is 1070. The summed E-state index contributed by atoms with van der Waals surface area (Å²) in [5.74, 6) is 1.56.